The molecule has 0 saturated heterocycles. The highest BCUT2D eigenvalue weighted by Gasteiger charge is 2.41. The second kappa shape index (κ2) is 7.10. The molecule has 4 amide bonds. The van der Waals surface area contributed by atoms with E-state index in [1.54, 1.807) is 62.4 Å². The molecule has 142 valence electrons. The summed E-state index contributed by atoms with van der Waals surface area (Å²) in [5.74, 6) is -1.30. The van der Waals surface area contributed by atoms with E-state index >= 15 is 0 Å². The lowest BCUT2D eigenvalue weighted by atomic mass is 10.1. The number of hydrogen-bond donors (Lipinski definition) is 0. The van der Waals surface area contributed by atoms with Gasteiger partial charge in [-0.2, -0.15) is 0 Å². The van der Waals surface area contributed by atoms with Crippen LogP contribution in [0.15, 0.2) is 48.5 Å². The van der Waals surface area contributed by atoms with Crippen molar-refractivity contribution in [3.63, 3.8) is 0 Å². The Balaban J connectivity index is 1.44. The number of imide groups is 2. The fraction of sp³-hybridized carbons (Fsp3) is 0.200. The summed E-state index contributed by atoms with van der Waals surface area (Å²) in [5, 5.41) is -0.898. The molecule has 2 aliphatic rings. The molecule has 8 heteroatoms. The zero-order valence-electron chi connectivity index (χ0n) is 15.1. The minimum atomic E-state index is -0.449. The topological polar surface area (TPSA) is 74.8 Å². The van der Waals surface area contributed by atoms with Crippen LogP contribution in [-0.2, 0) is 0 Å². The Labute approximate surface area is 169 Å². The summed E-state index contributed by atoms with van der Waals surface area (Å²) in [6.07, 6.45) is 0. The van der Waals surface area contributed by atoms with Crippen LogP contribution in [0.3, 0.4) is 0 Å². The van der Waals surface area contributed by atoms with Crippen LogP contribution in [0, 0.1) is 0 Å². The Hall–Kier alpha value is -2.58. The maximum Gasteiger partial charge on any atom is 0.262 e. The van der Waals surface area contributed by atoms with Crippen molar-refractivity contribution in [1.29, 1.82) is 0 Å². The number of carbonyl (C=O) groups excluding carboxylic acids is 4. The van der Waals surface area contributed by atoms with E-state index in [4.69, 9.17) is 0 Å². The highest BCUT2D eigenvalue weighted by atomic mass is 33.1. The molecule has 0 unspecified atom stereocenters. The second-order valence-electron chi connectivity index (χ2n) is 6.44. The summed E-state index contributed by atoms with van der Waals surface area (Å²) < 4.78 is 0. The van der Waals surface area contributed by atoms with Crippen LogP contribution in [0.5, 0.6) is 0 Å². The molecule has 2 heterocycles. The second-order valence-corrected chi connectivity index (χ2v) is 9.35. The molecule has 2 atom stereocenters. The normalized spacial score (nSPS) is 17.8. The molecule has 0 N–H and O–H groups in total. The van der Waals surface area contributed by atoms with E-state index in [1.165, 1.54) is 31.4 Å². The molecular weight excluding hydrogens is 396 g/mol. The number of amides is 4. The van der Waals surface area contributed by atoms with Crippen molar-refractivity contribution in [2.45, 2.75) is 24.6 Å². The van der Waals surface area contributed by atoms with Crippen LogP contribution >= 0.6 is 21.6 Å². The van der Waals surface area contributed by atoms with Gasteiger partial charge in [0.1, 0.15) is 0 Å². The van der Waals surface area contributed by atoms with Gasteiger partial charge in [0.05, 0.1) is 33.0 Å². The molecule has 4 rings (SSSR count). The SMILES string of the molecule is C[C@H](SS[C@H](C)N1C(=O)c2ccccc2C1=O)N1C(=O)c2ccccc2C1=O. The fourth-order valence-corrected chi connectivity index (χ4v) is 5.68. The summed E-state index contributed by atoms with van der Waals surface area (Å²) in [6, 6.07) is 13.5. The zero-order valence-corrected chi connectivity index (χ0v) is 16.8. The zero-order chi connectivity index (χ0) is 20.0. The van der Waals surface area contributed by atoms with Crippen molar-refractivity contribution >= 4 is 45.2 Å². The van der Waals surface area contributed by atoms with Crippen molar-refractivity contribution in [3.8, 4) is 0 Å². The van der Waals surface area contributed by atoms with Crippen molar-refractivity contribution in [3.05, 3.63) is 70.8 Å². The average Bonchev–Trinajstić information content (AvgIpc) is 3.11. The highest BCUT2D eigenvalue weighted by Crippen LogP contribution is 2.39. The maximum absolute atomic E-state index is 12.6. The molecule has 2 aliphatic heterocycles. The molecule has 0 radical (unpaired) electrons. The van der Waals surface area contributed by atoms with E-state index < -0.39 is 10.7 Å². The first kappa shape index (κ1) is 18.8. The largest absolute Gasteiger partial charge is 0.269 e. The Morgan fingerprint density at radius 1 is 0.571 bits per heavy atom. The van der Waals surface area contributed by atoms with Gasteiger partial charge < -0.3 is 0 Å². The number of nitrogens with zero attached hydrogens (tertiary/aromatic N) is 2. The Morgan fingerprint density at radius 3 is 1.07 bits per heavy atom. The lowest BCUT2D eigenvalue weighted by Gasteiger charge is -2.25. The molecule has 0 saturated carbocycles. The van der Waals surface area contributed by atoms with Crippen LogP contribution in [0.25, 0.3) is 0 Å². The number of carbonyl (C=O) groups is 4. The van der Waals surface area contributed by atoms with Crippen LogP contribution in [0.1, 0.15) is 55.3 Å². The number of rotatable bonds is 5. The summed E-state index contributed by atoms with van der Waals surface area (Å²) in [4.78, 5) is 52.7. The smallest absolute Gasteiger partial charge is 0.262 e. The van der Waals surface area contributed by atoms with Gasteiger partial charge >= 0.3 is 0 Å². The van der Waals surface area contributed by atoms with Crippen LogP contribution in [-0.4, -0.2) is 44.2 Å². The monoisotopic (exact) mass is 412 g/mol. The molecule has 0 fully saturated rings. The van der Waals surface area contributed by atoms with Gasteiger partial charge in [0.15, 0.2) is 0 Å². The fourth-order valence-electron chi connectivity index (χ4n) is 3.32. The first-order chi connectivity index (χ1) is 13.4. The average molecular weight is 412 g/mol. The van der Waals surface area contributed by atoms with Gasteiger partial charge in [-0.3, -0.25) is 29.0 Å². The summed E-state index contributed by atoms with van der Waals surface area (Å²) in [5.41, 5.74) is 1.60. The van der Waals surface area contributed by atoms with E-state index in [-0.39, 0.29) is 23.6 Å². The number of benzene rings is 2. The van der Waals surface area contributed by atoms with Crippen molar-refractivity contribution in [1.82, 2.24) is 9.80 Å². The van der Waals surface area contributed by atoms with Gasteiger partial charge in [-0.15, -0.1) is 0 Å². The molecule has 28 heavy (non-hydrogen) atoms. The van der Waals surface area contributed by atoms with E-state index in [2.05, 4.69) is 0 Å². The van der Waals surface area contributed by atoms with Crippen LogP contribution < -0.4 is 0 Å². The summed E-state index contributed by atoms with van der Waals surface area (Å²) >= 11 is 0. The molecular formula is C20H16N2O4S2. The first-order valence-corrected chi connectivity index (χ1v) is 11.0. The van der Waals surface area contributed by atoms with E-state index in [9.17, 15) is 19.2 Å². The van der Waals surface area contributed by atoms with Crippen LogP contribution in [0.4, 0.5) is 0 Å². The third kappa shape index (κ3) is 2.84. The van der Waals surface area contributed by atoms with Gasteiger partial charge in [0.25, 0.3) is 23.6 Å². The third-order valence-electron chi connectivity index (χ3n) is 4.71. The number of fused-ring (bicyclic) bond motifs is 2. The van der Waals surface area contributed by atoms with Crippen LogP contribution in [0.2, 0.25) is 0 Å². The van der Waals surface area contributed by atoms with E-state index in [1.807, 2.05) is 0 Å². The molecule has 6 nitrogen and oxygen atoms in total. The molecule has 2 aromatic rings. The lowest BCUT2D eigenvalue weighted by molar-refractivity contribution is 0.0628. The molecule has 2 aromatic carbocycles. The minimum absolute atomic E-state index is 0.324. The first-order valence-electron chi connectivity index (χ1n) is 8.67. The van der Waals surface area contributed by atoms with E-state index in [0.29, 0.717) is 22.3 Å². The van der Waals surface area contributed by atoms with Crippen molar-refractivity contribution in [2.24, 2.45) is 0 Å². The van der Waals surface area contributed by atoms with Gasteiger partial charge in [0.2, 0.25) is 0 Å². The minimum Gasteiger partial charge on any atom is -0.269 e. The van der Waals surface area contributed by atoms with Gasteiger partial charge in [-0.1, -0.05) is 45.9 Å². The van der Waals surface area contributed by atoms with E-state index in [0.717, 1.165) is 0 Å². The molecule has 0 spiro atoms. The van der Waals surface area contributed by atoms with Crippen molar-refractivity contribution in [2.75, 3.05) is 0 Å². The van der Waals surface area contributed by atoms with Gasteiger partial charge in [-0.25, -0.2) is 0 Å². The predicted octanol–water partition coefficient (Wildman–Crippen LogP) is 3.65. The quantitative estimate of drug-likeness (QED) is 0.551. The van der Waals surface area contributed by atoms with Gasteiger partial charge in [0, 0.05) is 0 Å². The molecule has 0 aromatic heterocycles. The third-order valence-corrected chi connectivity index (χ3v) is 7.81. The highest BCUT2D eigenvalue weighted by molar-refractivity contribution is 8.77. The Bertz CT molecular complexity index is 871. The standard InChI is InChI=1S/C20H16N2O4S2/c1-11(21-17(23)13-7-3-4-8-14(13)18(21)24)27-28-12(2)22-19(25)15-9-5-6-10-16(15)20(22)26/h3-12H,1-2H3/t11-,12+. The molecule has 0 bridgehead atoms. The Morgan fingerprint density at radius 2 is 0.821 bits per heavy atom. The number of hydrogen-bond acceptors (Lipinski definition) is 6. The van der Waals surface area contributed by atoms with Crippen molar-refractivity contribution < 1.29 is 19.2 Å². The lowest BCUT2D eigenvalue weighted by Crippen LogP contribution is -2.37. The summed E-state index contributed by atoms with van der Waals surface area (Å²) in [7, 11) is 2.57. The maximum atomic E-state index is 12.6. The summed E-state index contributed by atoms with van der Waals surface area (Å²) in [6.45, 7) is 3.52. The molecule has 0 aliphatic carbocycles. The Kier molecular flexibility index (Phi) is 4.76. The predicted molar refractivity (Wildman–Crippen MR) is 108 cm³/mol. The van der Waals surface area contributed by atoms with Gasteiger partial charge in [-0.05, 0) is 38.1 Å².